The molecule has 1 aliphatic carbocycles. The Balaban J connectivity index is 2.01. The Kier molecular flexibility index (Phi) is 3.91. The van der Waals surface area contributed by atoms with Gasteiger partial charge in [-0.3, -0.25) is 4.79 Å². The minimum Gasteiger partial charge on any atom is -0.454 e. The van der Waals surface area contributed by atoms with Crippen LogP contribution >= 0.6 is 0 Å². The van der Waals surface area contributed by atoms with Crippen molar-refractivity contribution in [1.29, 1.82) is 0 Å². The van der Waals surface area contributed by atoms with Crippen LogP contribution in [-0.4, -0.2) is 5.97 Å². The highest BCUT2D eigenvalue weighted by Gasteiger charge is 2.41. The summed E-state index contributed by atoms with van der Waals surface area (Å²) < 4.78 is 19.4. The van der Waals surface area contributed by atoms with Gasteiger partial charge in [-0.05, 0) is 81.0 Å². The maximum Gasteiger partial charge on any atom is 0.312 e. The van der Waals surface area contributed by atoms with Crippen LogP contribution in [0.25, 0.3) is 10.8 Å². The Morgan fingerprint density at radius 3 is 2.30 bits per heavy atom. The number of hydrogen-bond acceptors (Lipinski definition) is 2. The van der Waals surface area contributed by atoms with Gasteiger partial charge in [-0.15, -0.1) is 0 Å². The van der Waals surface area contributed by atoms with E-state index in [0.29, 0.717) is 0 Å². The average Bonchev–Trinajstić information content (AvgIpc) is 2.95. The van der Waals surface area contributed by atoms with E-state index in [9.17, 15) is 9.18 Å². The fourth-order valence-electron chi connectivity index (χ4n) is 3.23. The van der Waals surface area contributed by atoms with Gasteiger partial charge in [-0.25, -0.2) is 4.39 Å². The molecule has 0 radical (unpaired) electrons. The van der Waals surface area contributed by atoms with E-state index in [2.05, 4.69) is 0 Å². The first-order chi connectivity index (χ1) is 10.8. The Morgan fingerprint density at radius 1 is 1.04 bits per heavy atom. The SMILES string of the molecule is CC(C)(C)C(=O)OC1(c2ccc3cc(F)ccc3c2)CCCC1. The summed E-state index contributed by atoms with van der Waals surface area (Å²) in [5.41, 5.74) is -0.0330. The van der Waals surface area contributed by atoms with Gasteiger partial charge in [0.1, 0.15) is 11.4 Å². The second-order valence-corrected chi connectivity index (χ2v) is 7.55. The molecule has 1 saturated carbocycles. The second kappa shape index (κ2) is 5.63. The Morgan fingerprint density at radius 2 is 1.65 bits per heavy atom. The van der Waals surface area contributed by atoms with E-state index in [-0.39, 0.29) is 11.8 Å². The van der Waals surface area contributed by atoms with Crippen LogP contribution in [0.4, 0.5) is 4.39 Å². The molecule has 122 valence electrons. The summed E-state index contributed by atoms with van der Waals surface area (Å²) in [6, 6.07) is 10.7. The highest BCUT2D eigenvalue weighted by molar-refractivity contribution is 5.83. The topological polar surface area (TPSA) is 26.3 Å². The second-order valence-electron chi connectivity index (χ2n) is 7.55. The molecule has 0 heterocycles. The Hall–Kier alpha value is -1.90. The van der Waals surface area contributed by atoms with Crippen LogP contribution in [0.3, 0.4) is 0 Å². The monoisotopic (exact) mass is 314 g/mol. The molecule has 0 aromatic heterocycles. The molecule has 0 spiro atoms. The van der Waals surface area contributed by atoms with Crippen molar-refractivity contribution in [2.24, 2.45) is 5.41 Å². The number of esters is 1. The first kappa shape index (κ1) is 16.0. The Bertz CT molecular complexity index is 737. The smallest absolute Gasteiger partial charge is 0.312 e. The van der Waals surface area contributed by atoms with E-state index in [4.69, 9.17) is 4.74 Å². The predicted molar refractivity (Wildman–Crippen MR) is 89.6 cm³/mol. The van der Waals surface area contributed by atoms with Crippen molar-refractivity contribution in [3.8, 4) is 0 Å². The summed E-state index contributed by atoms with van der Waals surface area (Å²) >= 11 is 0. The maximum atomic E-state index is 13.3. The van der Waals surface area contributed by atoms with Crippen molar-refractivity contribution in [1.82, 2.24) is 0 Å². The first-order valence-electron chi connectivity index (χ1n) is 8.23. The largest absolute Gasteiger partial charge is 0.454 e. The fraction of sp³-hybridized carbons (Fsp3) is 0.450. The van der Waals surface area contributed by atoms with Gasteiger partial charge in [-0.1, -0.05) is 18.2 Å². The summed E-state index contributed by atoms with van der Waals surface area (Å²) in [5, 5.41) is 1.84. The van der Waals surface area contributed by atoms with Gasteiger partial charge in [0, 0.05) is 0 Å². The lowest BCUT2D eigenvalue weighted by Crippen LogP contribution is -2.35. The molecule has 0 saturated heterocycles. The molecule has 0 unspecified atom stereocenters. The molecule has 3 heteroatoms. The molecule has 0 bridgehead atoms. The van der Waals surface area contributed by atoms with Crippen molar-refractivity contribution >= 4 is 16.7 Å². The molecule has 2 aromatic rings. The van der Waals surface area contributed by atoms with Crippen LogP contribution in [0, 0.1) is 11.2 Å². The van der Waals surface area contributed by atoms with Gasteiger partial charge >= 0.3 is 5.97 Å². The molecule has 1 aliphatic rings. The van der Waals surface area contributed by atoms with E-state index < -0.39 is 11.0 Å². The summed E-state index contributed by atoms with van der Waals surface area (Å²) in [4.78, 5) is 12.4. The zero-order chi connectivity index (χ0) is 16.7. The van der Waals surface area contributed by atoms with Crippen LogP contribution in [0.1, 0.15) is 52.0 Å². The van der Waals surface area contributed by atoms with E-state index in [1.54, 1.807) is 6.07 Å². The zero-order valence-electron chi connectivity index (χ0n) is 14.0. The van der Waals surface area contributed by atoms with E-state index in [1.165, 1.54) is 12.1 Å². The van der Waals surface area contributed by atoms with Crippen molar-refractivity contribution in [2.75, 3.05) is 0 Å². The number of halogens is 1. The molecule has 23 heavy (non-hydrogen) atoms. The number of ether oxygens (including phenoxy) is 1. The van der Waals surface area contributed by atoms with Gasteiger partial charge in [0.05, 0.1) is 5.41 Å². The number of hydrogen-bond donors (Lipinski definition) is 0. The van der Waals surface area contributed by atoms with Crippen LogP contribution in [0.2, 0.25) is 0 Å². The lowest BCUT2D eigenvalue weighted by molar-refractivity contribution is -0.170. The van der Waals surface area contributed by atoms with Crippen LogP contribution < -0.4 is 0 Å². The number of carbonyl (C=O) groups is 1. The fourth-order valence-corrected chi connectivity index (χ4v) is 3.23. The molecule has 3 rings (SSSR count). The Labute approximate surface area is 136 Å². The third-order valence-electron chi connectivity index (χ3n) is 4.64. The third kappa shape index (κ3) is 3.10. The maximum absolute atomic E-state index is 13.3. The minimum absolute atomic E-state index is 0.168. The minimum atomic E-state index is -0.535. The number of benzene rings is 2. The molecule has 0 N–H and O–H groups in total. The average molecular weight is 314 g/mol. The van der Waals surface area contributed by atoms with Gasteiger partial charge in [0.25, 0.3) is 0 Å². The molecule has 1 fully saturated rings. The third-order valence-corrected chi connectivity index (χ3v) is 4.64. The highest BCUT2D eigenvalue weighted by Crippen LogP contribution is 2.44. The van der Waals surface area contributed by atoms with Crippen molar-refractivity contribution in [3.05, 3.63) is 47.8 Å². The van der Waals surface area contributed by atoms with Crippen LogP contribution in [0.5, 0.6) is 0 Å². The molecule has 0 amide bonds. The van der Waals surface area contributed by atoms with E-state index >= 15 is 0 Å². The zero-order valence-corrected chi connectivity index (χ0v) is 14.0. The van der Waals surface area contributed by atoms with Gasteiger partial charge in [-0.2, -0.15) is 0 Å². The summed E-state index contributed by atoms with van der Waals surface area (Å²) in [6.45, 7) is 5.63. The quantitative estimate of drug-likeness (QED) is 0.700. The molecular weight excluding hydrogens is 291 g/mol. The molecule has 0 atom stereocenters. The van der Waals surface area contributed by atoms with Crippen molar-refractivity contribution in [3.63, 3.8) is 0 Å². The van der Waals surface area contributed by atoms with E-state index in [0.717, 1.165) is 42.0 Å². The number of fused-ring (bicyclic) bond motifs is 1. The predicted octanol–water partition coefficient (Wildman–Crippen LogP) is 5.34. The summed E-state index contributed by atoms with van der Waals surface area (Å²) in [7, 11) is 0. The van der Waals surface area contributed by atoms with Crippen molar-refractivity contribution in [2.45, 2.75) is 52.1 Å². The van der Waals surface area contributed by atoms with Crippen LogP contribution in [0.15, 0.2) is 36.4 Å². The lowest BCUT2D eigenvalue weighted by atomic mass is 9.89. The highest BCUT2D eigenvalue weighted by atomic mass is 19.1. The van der Waals surface area contributed by atoms with E-state index in [1.807, 2.05) is 39.0 Å². The van der Waals surface area contributed by atoms with Gasteiger partial charge < -0.3 is 4.74 Å². The van der Waals surface area contributed by atoms with Crippen molar-refractivity contribution < 1.29 is 13.9 Å². The standard InChI is InChI=1S/C20H23FO2/c1-19(2,3)18(22)23-20(10-4-5-11-20)16-8-6-15-13-17(21)9-7-14(15)12-16/h6-9,12-13H,4-5,10-11H2,1-3H3. The number of carbonyl (C=O) groups excluding carboxylic acids is 1. The molecular formula is C20H23FO2. The van der Waals surface area contributed by atoms with Gasteiger partial charge in [0.15, 0.2) is 0 Å². The first-order valence-corrected chi connectivity index (χ1v) is 8.23. The normalized spacial score (nSPS) is 17.4. The molecule has 0 aliphatic heterocycles. The van der Waals surface area contributed by atoms with Crippen LogP contribution in [-0.2, 0) is 15.1 Å². The lowest BCUT2D eigenvalue weighted by Gasteiger charge is -2.33. The molecule has 2 nitrogen and oxygen atoms in total. The summed E-state index contributed by atoms with van der Waals surface area (Å²) in [6.07, 6.45) is 3.81. The molecule has 2 aromatic carbocycles. The summed E-state index contributed by atoms with van der Waals surface area (Å²) in [5.74, 6) is -0.404. The van der Waals surface area contributed by atoms with Gasteiger partial charge in [0.2, 0.25) is 0 Å². The number of rotatable bonds is 2.